The molecule has 0 heterocycles. The van der Waals surface area contributed by atoms with Crippen LogP contribution in [-0.2, 0) is 0 Å². The Morgan fingerprint density at radius 1 is 1.56 bits per heavy atom. The third-order valence-electron chi connectivity index (χ3n) is 1.25. The van der Waals surface area contributed by atoms with Crippen molar-refractivity contribution in [3.05, 3.63) is 0 Å². The maximum absolute atomic E-state index is 9.26. The van der Waals surface area contributed by atoms with E-state index in [0.717, 1.165) is 6.42 Å². The van der Waals surface area contributed by atoms with E-state index in [2.05, 4.69) is 0 Å². The quantitative estimate of drug-likeness (QED) is 0.593. The molecule has 0 aromatic heterocycles. The summed E-state index contributed by atoms with van der Waals surface area (Å²) in [6, 6.07) is 0. The molecule has 1 atom stereocenters. The van der Waals surface area contributed by atoms with Gasteiger partial charge in [0.2, 0.25) is 0 Å². The molecule has 2 nitrogen and oxygen atoms in total. The van der Waals surface area contributed by atoms with Crippen LogP contribution in [0.25, 0.3) is 0 Å². The van der Waals surface area contributed by atoms with Crippen LogP contribution in [0.1, 0.15) is 27.2 Å². The summed E-state index contributed by atoms with van der Waals surface area (Å²) in [5.41, 5.74) is 4.81. The van der Waals surface area contributed by atoms with Crippen LogP contribution in [-0.4, -0.2) is 17.3 Å². The van der Waals surface area contributed by atoms with Gasteiger partial charge in [-0.1, -0.05) is 6.92 Å². The van der Waals surface area contributed by atoms with Crippen LogP contribution >= 0.6 is 0 Å². The van der Waals surface area contributed by atoms with Crippen LogP contribution in [0, 0.1) is 5.92 Å². The molecular weight excluding hydrogens is 114 g/mol. The zero-order valence-electron chi connectivity index (χ0n) is 6.52. The second-order valence-electron chi connectivity index (χ2n) is 3.36. The van der Waals surface area contributed by atoms with Gasteiger partial charge < -0.3 is 10.8 Å². The van der Waals surface area contributed by atoms with Gasteiger partial charge in [0.05, 0.1) is 5.60 Å². The average Bonchev–Trinajstić information content (AvgIpc) is 1.62. The molecule has 9 heavy (non-hydrogen) atoms. The van der Waals surface area contributed by atoms with Crippen molar-refractivity contribution >= 4 is 0 Å². The third-order valence-corrected chi connectivity index (χ3v) is 1.25. The van der Waals surface area contributed by atoms with Gasteiger partial charge >= 0.3 is 0 Å². The molecule has 0 bridgehead atoms. The molecule has 1 unspecified atom stereocenters. The Kier molecular flexibility index (Phi) is 3.15. The van der Waals surface area contributed by atoms with Crippen LogP contribution in [0.5, 0.6) is 0 Å². The highest BCUT2D eigenvalue weighted by molar-refractivity contribution is 4.69. The van der Waals surface area contributed by atoms with Crippen molar-refractivity contribution in [1.82, 2.24) is 0 Å². The largest absolute Gasteiger partial charge is 0.390 e. The Morgan fingerprint density at radius 2 is 2.00 bits per heavy atom. The first-order chi connectivity index (χ1) is 3.95. The van der Waals surface area contributed by atoms with E-state index < -0.39 is 5.60 Å². The van der Waals surface area contributed by atoms with E-state index >= 15 is 0 Å². The van der Waals surface area contributed by atoms with Crippen LogP contribution < -0.4 is 5.73 Å². The van der Waals surface area contributed by atoms with Gasteiger partial charge in [0, 0.05) is 0 Å². The lowest BCUT2D eigenvalue weighted by atomic mass is 9.95. The highest BCUT2D eigenvalue weighted by Gasteiger charge is 2.15. The second kappa shape index (κ2) is 3.18. The second-order valence-corrected chi connectivity index (χ2v) is 3.36. The molecule has 0 aliphatic carbocycles. The molecule has 0 rings (SSSR count). The molecule has 0 aromatic rings. The van der Waals surface area contributed by atoms with Crippen LogP contribution in [0.15, 0.2) is 0 Å². The van der Waals surface area contributed by atoms with Crippen molar-refractivity contribution in [2.45, 2.75) is 32.8 Å². The minimum absolute atomic E-state index is 0.421. The number of aliphatic hydroxyl groups is 1. The summed E-state index contributed by atoms with van der Waals surface area (Å²) in [5.74, 6) is 0.421. The summed E-state index contributed by atoms with van der Waals surface area (Å²) in [6.07, 6.45) is 0.781. The van der Waals surface area contributed by atoms with Crippen molar-refractivity contribution in [3.63, 3.8) is 0 Å². The van der Waals surface area contributed by atoms with Gasteiger partial charge in [0.1, 0.15) is 0 Å². The molecule has 0 spiro atoms. The summed E-state index contributed by atoms with van der Waals surface area (Å²) in [4.78, 5) is 0. The molecule has 0 aliphatic rings. The summed E-state index contributed by atoms with van der Waals surface area (Å²) in [7, 11) is 0. The highest BCUT2D eigenvalue weighted by Crippen LogP contribution is 2.13. The molecule has 0 radical (unpaired) electrons. The molecular formula is C7H17NO. The van der Waals surface area contributed by atoms with Crippen molar-refractivity contribution < 1.29 is 5.11 Å². The van der Waals surface area contributed by atoms with E-state index in [-0.39, 0.29) is 0 Å². The van der Waals surface area contributed by atoms with Crippen LogP contribution in [0.2, 0.25) is 0 Å². The number of nitrogens with two attached hydrogens (primary N) is 1. The number of hydrogen-bond acceptors (Lipinski definition) is 2. The van der Waals surface area contributed by atoms with Gasteiger partial charge in [-0.2, -0.15) is 0 Å². The fraction of sp³-hybridized carbons (Fsp3) is 1.00. The normalized spacial score (nSPS) is 15.7. The monoisotopic (exact) mass is 131 g/mol. The maximum atomic E-state index is 9.26. The molecule has 0 saturated carbocycles. The Balaban J connectivity index is 3.47. The van der Waals surface area contributed by atoms with Crippen molar-refractivity contribution in [1.29, 1.82) is 0 Å². The van der Waals surface area contributed by atoms with Gasteiger partial charge in [-0.3, -0.25) is 0 Å². The van der Waals surface area contributed by atoms with Crippen molar-refractivity contribution in [3.8, 4) is 0 Å². The molecule has 0 aliphatic heterocycles. The molecule has 3 N–H and O–H groups in total. The molecule has 2 heteroatoms. The number of rotatable bonds is 3. The van der Waals surface area contributed by atoms with Gasteiger partial charge in [-0.15, -0.1) is 0 Å². The van der Waals surface area contributed by atoms with Crippen molar-refractivity contribution in [2.75, 3.05) is 6.54 Å². The fourth-order valence-corrected chi connectivity index (χ4v) is 0.936. The standard InChI is InChI=1S/C7H17NO/c1-6(5-8)4-7(2,3)9/h6,9H,4-5,8H2,1-3H3. The van der Waals surface area contributed by atoms with E-state index in [0.29, 0.717) is 12.5 Å². The molecule has 0 amide bonds. The van der Waals surface area contributed by atoms with E-state index in [1.807, 2.05) is 6.92 Å². The van der Waals surface area contributed by atoms with Crippen LogP contribution in [0.4, 0.5) is 0 Å². The molecule has 0 saturated heterocycles. The summed E-state index contributed by atoms with van der Waals surface area (Å²) < 4.78 is 0. The summed E-state index contributed by atoms with van der Waals surface area (Å²) in [5, 5.41) is 9.26. The first-order valence-corrected chi connectivity index (χ1v) is 3.38. The van der Waals surface area contributed by atoms with Crippen molar-refractivity contribution in [2.24, 2.45) is 11.7 Å². The topological polar surface area (TPSA) is 46.2 Å². The lowest BCUT2D eigenvalue weighted by Gasteiger charge is -2.20. The highest BCUT2D eigenvalue weighted by atomic mass is 16.3. The van der Waals surface area contributed by atoms with E-state index in [1.54, 1.807) is 13.8 Å². The Hall–Kier alpha value is -0.0800. The number of hydrogen-bond donors (Lipinski definition) is 2. The molecule has 0 aromatic carbocycles. The maximum Gasteiger partial charge on any atom is 0.0594 e. The predicted octanol–water partition coefficient (Wildman–Crippen LogP) is 0.742. The summed E-state index contributed by atoms with van der Waals surface area (Å²) in [6.45, 7) is 6.31. The lowest BCUT2D eigenvalue weighted by molar-refractivity contribution is 0.0564. The Bertz CT molecular complexity index is 75.5. The first-order valence-electron chi connectivity index (χ1n) is 3.38. The van der Waals surface area contributed by atoms with Gasteiger partial charge in [0.25, 0.3) is 0 Å². The smallest absolute Gasteiger partial charge is 0.0594 e. The third kappa shape index (κ3) is 5.80. The summed E-state index contributed by atoms with van der Waals surface area (Å²) >= 11 is 0. The Morgan fingerprint density at radius 3 is 2.11 bits per heavy atom. The van der Waals surface area contributed by atoms with E-state index in [9.17, 15) is 5.11 Å². The van der Waals surface area contributed by atoms with E-state index in [4.69, 9.17) is 5.73 Å². The SMILES string of the molecule is CC(CN)CC(C)(C)O. The minimum Gasteiger partial charge on any atom is -0.390 e. The van der Waals surface area contributed by atoms with Gasteiger partial charge in [-0.25, -0.2) is 0 Å². The van der Waals surface area contributed by atoms with Crippen LogP contribution in [0.3, 0.4) is 0 Å². The van der Waals surface area contributed by atoms with E-state index in [1.165, 1.54) is 0 Å². The molecule has 0 fully saturated rings. The fourth-order valence-electron chi connectivity index (χ4n) is 0.936. The predicted molar refractivity (Wildman–Crippen MR) is 39.1 cm³/mol. The first kappa shape index (κ1) is 8.92. The average molecular weight is 131 g/mol. The minimum atomic E-state index is -0.557. The molecule has 56 valence electrons. The van der Waals surface area contributed by atoms with Gasteiger partial charge in [0.15, 0.2) is 0 Å². The lowest BCUT2D eigenvalue weighted by Crippen LogP contribution is -2.25. The zero-order chi connectivity index (χ0) is 7.49. The van der Waals surface area contributed by atoms with Gasteiger partial charge in [-0.05, 0) is 32.7 Å². The Labute approximate surface area is 57.1 Å². The zero-order valence-corrected chi connectivity index (χ0v) is 6.52.